The minimum absolute atomic E-state index is 0.0289. The first-order chi connectivity index (χ1) is 7.70. The standard InChI is InChI=1S/C7H12O2.C7H8/c8-7(9)6-4-2-1-3-5-6;1-7-5-3-2-4-6-7/h6H,1-5H2,(H,8,9);2-6H,1H3. The second kappa shape index (κ2) is 7.04. The third-order valence-corrected chi connectivity index (χ3v) is 2.89. The Morgan fingerprint density at radius 2 is 1.69 bits per heavy atom. The van der Waals surface area contributed by atoms with E-state index < -0.39 is 5.97 Å². The highest BCUT2D eigenvalue weighted by Gasteiger charge is 2.19. The van der Waals surface area contributed by atoms with Gasteiger partial charge in [-0.1, -0.05) is 55.2 Å². The first-order valence-corrected chi connectivity index (χ1v) is 5.94. The van der Waals surface area contributed by atoms with Gasteiger partial charge in [0.15, 0.2) is 0 Å². The zero-order valence-electron chi connectivity index (χ0n) is 9.86. The second-order valence-corrected chi connectivity index (χ2v) is 4.33. The number of carboxylic acid groups (broad SMARTS) is 1. The van der Waals surface area contributed by atoms with Crippen molar-refractivity contribution in [1.82, 2.24) is 0 Å². The Hall–Kier alpha value is -1.31. The Morgan fingerprint density at radius 3 is 2.00 bits per heavy atom. The van der Waals surface area contributed by atoms with Crippen LogP contribution in [-0.4, -0.2) is 11.1 Å². The molecule has 2 heteroatoms. The maximum absolute atomic E-state index is 10.4. The molecule has 1 N–H and O–H groups in total. The molecule has 0 aliphatic heterocycles. The summed E-state index contributed by atoms with van der Waals surface area (Å²) in [6.45, 7) is 2.08. The zero-order valence-corrected chi connectivity index (χ0v) is 9.86. The van der Waals surface area contributed by atoms with Crippen LogP contribution in [0.15, 0.2) is 30.3 Å². The fraction of sp³-hybridized carbons (Fsp3) is 0.500. The molecule has 1 aliphatic rings. The van der Waals surface area contributed by atoms with Crippen LogP contribution >= 0.6 is 0 Å². The summed E-state index contributed by atoms with van der Waals surface area (Å²) < 4.78 is 0. The normalized spacial score (nSPS) is 16.1. The Labute approximate surface area is 97.3 Å². The molecular formula is C14H20O2. The van der Waals surface area contributed by atoms with Crippen molar-refractivity contribution in [2.45, 2.75) is 39.0 Å². The van der Waals surface area contributed by atoms with Gasteiger partial charge in [0.25, 0.3) is 0 Å². The van der Waals surface area contributed by atoms with Gasteiger partial charge in [-0.15, -0.1) is 0 Å². The Morgan fingerprint density at radius 1 is 1.12 bits per heavy atom. The summed E-state index contributed by atoms with van der Waals surface area (Å²) in [7, 11) is 0. The number of rotatable bonds is 1. The van der Waals surface area contributed by atoms with E-state index in [0.29, 0.717) is 0 Å². The van der Waals surface area contributed by atoms with Gasteiger partial charge in [-0.25, -0.2) is 0 Å². The Bertz CT molecular complexity index is 300. The third kappa shape index (κ3) is 4.96. The molecule has 0 spiro atoms. The Kier molecular flexibility index (Phi) is 5.62. The first kappa shape index (κ1) is 12.8. The molecule has 0 heterocycles. The van der Waals surface area contributed by atoms with Crippen LogP contribution in [0.5, 0.6) is 0 Å². The van der Waals surface area contributed by atoms with Gasteiger partial charge in [-0.05, 0) is 19.8 Å². The summed E-state index contributed by atoms with van der Waals surface area (Å²) >= 11 is 0. The van der Waals surface area contributed by atoms with Gasteiger partial charge >= 0.3 is 5.97 Å². The van der Waals surface area contributed by atoms with Crippen LogP contribution in [0.2, 0.25) is 0 Å². The lowest BCUT2D eigenvalue weighted by Crippen LogP contribution is -2.16. The molecule has 1 saturated carbocycles. The van der Waals surface area contributed by atoms with E-state index >= 15 is 0 Å². The smallest absolute Gasteiger partial charge is 0.306 e. The van der Waals surface area contributed by atoms with Crippen molar-refractivity contribution in [2.24, 2.45) is 5.92 Å². The molecule has 2 nitrogen and oxygen atoms in total. The van der Waals surface area contributed by atoms with Gasteiger partial charge in [0.2, 0.25) is 0 Å². The van der Waals surface area contributed by atoms with E-state index in [2.05, 4.69) is 19.1 Å². The van der Waals surface area contributed by atoms with E-state index in [1.54, 1.807) is 0 Å². The van der Waals surface area contributed by atoms with Gasteiger partial charge in [-0.3, -0.25) is 4.79 Å². The maximum Gasteiger partial charge on any atom is 0.306 e. The van der Waals surface area contributed by atoms with E-state index in [4.69, 9.17) is 5.11 Å². The van der Waals surface area contributed by atoms with Crippen molar-refractivity contribution in [3.63, 3.8) is 0 Å². The predicted octanol–water partition coefficient (Wildman–Crippen LogP) is 3.65. The van der Waals surface area contributed by atoms with Crippen molar-refractivity contribution in [3.8, 4) is 0 Å². The molecule has 0 amide bonds. The van der Waals surface area contributed by atoms with Crippen LogP contribution in [0.25, 0.3) is 0 Å². The molecule has 1 aromatic carbocycles. The van der Waals surface area contributed by atoms with E-state index in [0.717, 1.165) is 25.7 Å². The summed E-state index contributed by atoms with van der Waals surface area (Å²) in [6.07, 6.45) is 5.24. The zero-order chi connectivity index (χ0) is 11.8. The van der Waals surface area contributed by atoms with E-state index in [1.807, 2.05) is 18.2 Å². The number of carboxylic acids is 1. The quantitative estimate of drug-likeness (QED) is 0.784. The van der Waals surface area contributed by atoms with Gasteiger partial charge in [0.05, 0.1) is 5.92 Å². The van der Waals surface area contributed by atoms with Crippen molar-refractivity contribution >= 4 is 5.97 Å². The first-order valence-electron chi connectivity index (χ1n) is 5.94. The van der Waals surface area contributed by atoms with Crippen molar-refractivity contribution in [3.05, 3.63) is 35.9 Å². The monoisotopic (exact) mass is 220 g/mol. The van der Waals surface area contributed by atoms with Crippen LogP contribution in [0.3, 0.4) is 0 Å². The summed E-state index contributed by atoms with van der Waals surface area (Å²) in [5.74, 6) is -0.631. The average Bonchev–Trinajstić information content (AvgIpc) is 2.32. The SMILES string of the molecule is Cc1ccccc1.O=C(O)C1CCCCC1. The number of aliphatic carboxylic acids is 1. The maximum atomic E-state index is 10.4. The summed E-state index contributed by atoms with van der Waals surface area (Å²) in [5.41, 5.74) is 1.32. The van der Waals surface area contributed by atoms with Crippen LogP contribution in [-0.2, 0) is 4.79 Å². The lowest BCUT2D eigenvalue weighted by Gasteiger charge is -2.16. The van der Waals surface area contributed by atoms with Crippen molar-refractivity contribution < 1.29 is 9.90 Å². The second-order valence-electron chi connectivity index (χ2n) is 4.33. The molecule has 16 heavy (non-hydrogen) atoms. The molecule has 0 bridgehead atoms. The molecule has 0 saturated heterocycles. The van der Waals surface area contributed by atoms with Crippen LogP contribution in [0.4, 0.5) is 0 Å². The average molecular weight is 220 g/mol. The molecule has 0 atom stereocenters. The molecule has 88 valence electrons. The van der Waals surface area contributed by atoms with Crippen molar-refractivity contribution in [2.75, 3.05) is 0 Å². The fourth-order valence-electron chi connectivity index (χ4n) is 1.88. The third-order valence-electron chi connectivity index (χ3n) is 2.89. The molecule has 2 rings (SSSR count). The van der Waals surface area contributed by atoms with Crippen LogP contribution in [0.1, 0.15) is 37.7 Å². The molecule has 1 fully saturated rings. The van der Waals surface area contributed by atoms with Gasteiger partial charge in [0.1, 0.15) is 0 Å². The highest BCUT2D eigenvalue weighted by Crippen LogP contribution is 2.23. The Balaban J connectivity index is 0.000000165. The van der Waals surface area contributed by atoms with Crippen LogP contribution in [0, 0.1) is 12.8 Å². The number of aryl methyl sites for hydroxylation is 1. The molecule has 0 radical (unpaired) electrons. The van der Waals surface area contributed by atoms with E-state index in [-0.39, 0.29) is 5.92 Å². The molecular weight excluding hydrogens is 200 g/mol. The number of hydrogen-bond acceptors (Lipinski definition) is 1. The molecule has 0 aromatic heterocycles. The van der Waals surface area contributed by atoms with Gasteiger partial charge in [0, 0.05) is 0 Å². The van der Waals surface area contributed by atoms with Gasteiger partial charge in [-0.2, -0.15) is 0 Å². The largest absolute Gasteiger partial charge is 0.481 e. The fourth-order valence-corrected chi connectivity index (χ4v) is 1.88. The lowest BCUT2D eigenvalue weighted by atomic mass is 9.90. The molecule has 0 unspecified atom stereocenters. The van der Waals surface area contributed by atoms with E-state index in [1.165, 1.54) is 12.0 Å². The summed E-state index contributed by atoms with van der Waals surface area (Å²) in [4.78, 5) is 10.4. The highest BCUT2D eigenvalue weighted by molar-refractivity contribution is 5.69. The molecule has 1 aromatic rings. The molecule has 1 aliphatic carbocycles. The summed E-state index contributed by atoms with van der Waals surface area (Å²) in [5, 5.41) is 8.54. The number of hydrogen-bond donors (Lipinski definition) is 1. The number of benzene rings is 1. The minimum atomic E-state index is -0.602. The summed E-state index contributed by atoms with van der Waals surface area (Å²) in [6, 6.07) is 10.3. The van der Waals surface area contributed by atoms with E-state index in [9.17, 15) is 4.79 Å². The number of carbonyl (C=O) groups is 1. The van der Waals surface area contributed by atoms with Crippen molar-refractivity contribution in [1.29, 1.82) is 0 Å². The highest BCUT2D eigenvalue weighted by atomic mass is 16.4. The van der Waals surface area contributed by atoms with Crippen LogP contribution < -0.4 is 0 Å². The topological polar surface area (TPSA) is 37.3 Å². The minimum Gasteiger partial charge on any atom is -0.481 e. The van der Waals surface area contributed by atoms with Gasteiger partial charge < -0.3 is 5.11 Å². The lowest BCUT2D eigenvalue weighted by molar-refractivity contribution is -0.142. The predicted molar refractivity (Wildman–Crippen MR) is 65.4 cm³/mol.